The maximum atomic E-state index is 13.4. The second-order valence-electron chi connectivity index (χ2n) is 9.24. The molecule has 1 saturated heterocycles. The molecular formula is C30H31NO4. The molecule has 4 rings (SSSR count). The molecule has 1 heterocycles. The molecule has 0 aliphatic carbocycles. The van der Waals surface area contributed by atoms with Gasteiger partial charge in [-0.1, -0.05) is 55.8 Å². The number of benzene rings is 3. The van der Waals surface area contributed by atoms with E-state index in [1.165, 1.54) is 4.90 Å². The highest BCUT2D eigenvalue weighted by molar-refractivity contribution is 6.51. The van der Waals surface area contributed by atoms with Crippen LogP contribution in [-0.4, -0.2) is 23.4 Å². The molecule has 0 saturated carbocycles. The number of ketones is 1. The zero-order chi connectivity index (χ0) is 25.3. The number of hydrogen-bond donors (Lipinski definition) is 1. The highest BCUT2D eigenvalue weighted by Gasteiger charge is 2.47. The monoisotopic (exact) mass is 469 g/mol. The Balaban J connectivity index is 1.94. The molecule has 5 heteroatoms. The van der Waals surface area contributed by atoms with E-state index in [-0.39, 0.29) is 11.3 Å². The molecule has 1 unspecified atom stereocenters. The molecule has 1 aliphatic rings. The standard InChI is InChI=1S/C30H31NO4/c1-6-35-24-9-7-8-22(17-24)27-26(28(32)25-16-19(4)10-11-20(25)5)29(33)30(34)31(27)23-14-12-21(13-15-23)18(2)3/h7-18,27,32H,6H2,1-5H3/b28-26+. The van der Waals surface area contributed by atoms with E-state index in [0.29, 0.717) is 35.1 Å². The summed E-state index contributed by atoms with van der Waals surface area (Å²) >= 11 is 0. The quantitative estimate of drug-likeness (QED) is 0.256. The maximum absolute atomic E-state index is 13.4. The summed E-state index contributed by atoms with van der Waals surface area (Å²) in [7, 11) is 0. The van der Waals surface area contributed by atoms with Crippen molar-refractivity contribution in [1.29, 1.82) is 0 Å². The fourth-order valence-electron chi connectivity index (χ4n) is 4.51. The van der Waals surface area contributed by atoms with Crippen LogP contribution in [0.2, 0.25) is 0 Å². The van der Waals surface area contributed by atoms with Crippen LogP contribution in [0.5, 0.6) is 5.75 Å². The summed E-state index contributed by atoms with van der Waals surface area (Å²) < 4.78 is 5.69. The molecule has 5 nitrogen and oxygen atoms in total. The normalized spacial score (nSPS) is 17.3. The van der Waals surface area contributed by atoms with E-state index in [0.717, 1.165) is 16.7 Å². The van der Waals surface area contributed by atoms with Gasteiger partial charge in [0.2, 0.25) is 0 Å². The van der Waals surface area contributed by atoms with Crippen LogP contribution in [-0.2, 0) is 9.59 Å². The second kappa shape index (κ2) is 9.79. The van der Waals surface area contributed by atoms with E-state index in [1.54, 1.807) is 0 Å². The van der Waals surface area contributed by atoms with Gasteiger partial charge in [-0.2, -0.15) is 0 Å². The number of nitrogens with zero attached hydrogens (tertiary/aromatic N) is 1. The Morgan fingerprint density at radius 2 is 1.71 bits per heavy atom. The SMILES string of the molecule is CCOc1cccc(C2/C(=C(\O)c3cc(C)ccc3C)C(=O)C(=O)N2c2ccc(C(C)C)cc2)c1. The van der Waals surface area contributed by atoms with Gasteiger partial charge in [-0.3, -0.25) is 14.5 Å². The number of amides is 1. The highest BCUT2D eigenvalue weighted by atomic mass is 16.5. The molecular weight excluding hydrogens is 438 g/mol. The predicted molar refractivity (Wildman–Crippen MR) is 139 cm³/mol. The number of aryl methyl sites for hydroxylation is 2. The van der Waals surface area contributed by atoms with Crippen LogP contribution < -0.4 is 9.64 Å². The van der Waals surface area contributed by atoms with Crippen LogP contribution in [0.4, 0.5) is 5.69 Å². The minimum Gasteiger partial charge on any atom is -0.507 e. The van der Waals surface area contributed by atoms with Gasteiger partial charge >= 0.3 is 0 Å². The summed E-state index contributed by atoms with van der Waals surface area (Å²) in [6, 6.07) is 19.9. The first-order valence-electron chi connectivity index (χ1n) is 11.9. The Morgan fingerprint density at radius 3 is 2.37 bits per heavy atom. The van der Waals surface area contributed by atoms with Crippen molar-refractivity contribution in [1.82, 2.24) is 0 Å². The van der Waals surface area contributed by atoms with Crippen LogP contribution in [0, 0.1) is 13.8 Å². The van der Waals surface area contributed by atoms with Crippen molar-refractivity contribution in [3.05, 3.63) is 100 Å². The van der Waals surface area contributed by atoms with Crippen LogP contribution in [0.15, 0.2) is 72.3 Å². The number of hydrogen-bond acceptors (Lipinski definition) is 4. The number of rotatable bonds is 6. The number of aliphatic hydroxyl groups excluding tert-OH is 1. The molecule has 1 N–H and O–H groups in total. The molecule has 3 aromatic carbocycles. The number of anilines is 1. The lowest BCUT2D eigenvalue weighted by atomic mass is 9.93. The molecule has 0 bridgehead atoms. The predicted octanol–water partition coefficient (Wildman–Crippen LogP) is 6.45. The van der Waals surface area contributed by atoms with Gasteiger partial charge in [-0.05, 0) is 73.7 Å². The van der Waals surface area contributed by atoms with E-state index in [1.807, 2.05) is 87.5 Å². The summed E-state index contributed by atoms with van der Waals surface area (Å²) in [5, 5.41) is 11.4. The highest BCUT2D eigenvalue weighted by Crippen LogP contribution is 2.43. The van der Waals surface area contributed by atoms with Gasteiger partial charge in [0.15, 0.2) is 0 Å². The lowest BCUT2D eigenvalue weighted by Gasteiger charge is -2.26. The maximum Gasteiger partial charge on any atom is 0.300 e. The van der Waals surface area contributed by atoms with Crippen LogP contribution >= 0.6 is 0 Å². The largest absolute Gasteiger partial charge is 0.507 e. The topological polar surface area (TPSA) is 66.8 Å². The average Bonchev–Trinajstić information content (AvgIpc) is 3.11. The van der Waals surface area contributed by atoms with Crippen LogP contribution in [0.1, 0.15) is 60.5 Å². The van der Waals surface area contributed by atoms with Gasteiger partial charge in [0.25, 0.3) is 11.7 Å². The van der Waals surface area contributed by atoms with E-state index >= 15 is 0 Å². The van der Waals surface area contributed by atoms with E-state index in [4.69, 9.17) is 4.74 Å². The van der Waals surface area contributed by atoms with E-state index in [2.05, 4.69) is 13.8 Å². The number of Topliss-reactive ketones (excluding diaryl/α,β-unsaturated/α-hetero) is 1. The molecule has 1 aliphatic heterocycles. The molecule has 1 amide bonds. The number of carbonyl (C=O) groups is 2. The fraction of sp³-hybridized carbons (Fsp3) is 0.267. The van der Waals surface area contributed by atoms with Crippen molar-refractivity contribution in [3.63, 3.8) is 0 Å². The van der Waals surface area contributed by atoms with Gasteiger partial charge in [0.05, 0.1) is 18.2 Å². The molecule has 35 heavy (non-hydrogen) atoms. The summed E-state index contributed by atoms with van der Waals surface area (Å²) in [6.07, 6.45) is 0. The van der Waals surface area contributed by atoms with E-state index in [9.17, 15) is 14.7 Å². The third-order valence-electron chi connectivity index (χ3n) is 6.42. The van der Waals surface area contributed by atoms with E-state index < -0.39 is 17.7 Å². The first-order valence-corrected chi connectivity index (χ1v) is 11.9. The fourth-order valence-corrected chi connectivity index (χ4v) is 4.51. The average molecular weight is 470 g/mol. The lowest BCUT2D eigenvalue weighted by Crippen LogP contribution is -2.29. The van der Waals surface area contributed by atoms with Crippen molar-refractivity contribution in [2.75, 3.05) is 11.5 Å². The van der Waals surface area contributed by atoms with Gasteiger partial charge in [-0.25, -0.2) is 0 Å². The van der Waals surface area contributed by atoms with Crippen molar-refractivity contribution in [3.8, 4) is 5.75 Å². The Hall–Kier alpha value is -3.86. The Bertz CT molecular complexity index is 1300. The molecule has 180 valence electrons. The molecule has 0 spiro atoms. The minimum absolute atomic E-state index is 0.0743. The molecule has 0 aromatic heterocycles. The molecule has 1 atom stereocenters. The summed E-state index contributed by atoms with van der Waals surface area (Å²) in [4.78, 5) is 28.3. The van der Waals surface area contributed by atoms with Gasteiger partial charge in [0.1, 0.15) is 11.5 Å². The first-order chi connectivity index (χ1) is 16.7. The zero-order valence-electron chi connectivity index (χ0n) is 20.8. The molecule has 0 radical (unpaired) electrons. The Morgan fingerprint density at radius 1 is 1.00 bits per heavy atom. The molecule has 3 aromatic rings. The molecule has 1 fully saturated rings. The van der Waals surface area contributed by atoms with Crippen LogP contribution in [0.25, 0.3) is 5.76 Å². The van der Waals surface area contributed by atoms with Crippen LogP contribution in [0.3, 0.4) is 0 Å². The minimum atomic E-state index is -0.791. The third-order valence-corrected chi connectivity index (χ3v) is 6.42. The first kappa shape index (κ1) is 24.3. The Kier molecular flexibility index (Phi) is 6.79. The zero-order valence-corrected chi connectivity index (χ0v) is 20.8. The van der Waals surface area contributed by atoms with Gasteiger partial charge in [-0.15, -0.1) is 0 Å². The van der Waals surface area contributed by atoms with Gasteiger partial charge < -0.3 is 9.84 Å². The summed E-state index contributed by atoms with van der Waals surface area (Å²) in [6.45, 7) is 10.4. The number of aliphatic hydroxyl groups is 1. The third kappa shape index (κ3) is 4.59. The number of ether oxygens (including phenoxy) is 1. The van der Waals surface area contributed by atoms with Crippen molar-refractivity contribution in [2.45, 2.75) is 46.6 Å². The second-order valence-corrected chi connectivity index (χ2v) is 9.24. The van der Waals surface area contributed by atoms with Crippen molar-refractivity contribution < 1.29 is 19.4 Å². The van der Waals surface area contributed by atoms with Gasteiger partial charge in [0, 0.05) is 11.3 Å². The van der Waals surface area contributed by atoms with Crippen molar-refractivity contribution >= 4 is 23.1 Å². The lowest BCUT2D eigenvalue weighted by molar-refractivity contribution is -0.132. The number of carbonyl (C=O) groups excluding carboxylic acids is 2. The summed E-state index contributed by atoms with van der Waals surface area (Å²) in [5.74, 6) is -0.568. The Labute approximate surface area is 206 Å². The summed E-state index contributed by atoms with van der Waals surface area (Å²) in [5.41, 5.74) is 4.82. The smallest absolute Gasteiger partial charge is 0.300 e. The van der Waals surface area contributed by atoms with Crippen molar-refractivity contribution in [2.24, 2.45) is 0 Å².